The Balaban J connectivity index is 1.50. The maximum Gasteiger partial charge on any atom is 0.122 e. The number of benzene rings is 1. The van der Waals surface area contributed by atoms with Crippen molar-refractivity contribution in [2.75, 3.05) is 19.7 Å². The van der Waals surface area contributed by atoms with E-state index < -0.39 is 0 Å². The summed E-state index contributed by atoms with van der Waals surface area (Å²) >= 11 is 0. The number of fused-ring (bicyclic) bond motifs is 1. The van der Waals surface area contributed by atoms with Crippen LogP contribution in [0.5, 0.6) is 5.75 Å². The molecule has 1 aliphatic heterocycles. The first-order chi connectivity index (χ1) is 8.83. The highest BCUT2D eigenvalue weighted by atomic mass is 16.5. The van der Waals surface area contributed by atoms with Crippen molar-refractivity contribution in [3.63, 3.8) is 0 Å². The molecule has 0 amide bonds. The van der Waals surface area contributed by atoms with Gasteiger partial charge in [-0.25, -0.2) is 0 Å². The van der Waals surface area contributed by atoms with E-state index >= 15 is 0 Å². The molecule has 3 rings (SSSR count). The summed E-state index contributed by atoms with van der Waals surface area (Å²) in [6.07, 6.45) is 5.55. The fourth-order valence-electron chi connectivity index (χ4n) is 3.13. The fourth-order valence-corrected chi connectivity index (χ4v) is 3.13. The van der Waals surface area contributed by atoms with E-state index in [1.165, 1.54) is 37.8 Å². The Morgan fingerprint density at radius 2 is 2.17 bits per heavy atom. The van der Waals surface area contributed by atoms with Crippen molar-refractivity contribution in [3.05, 3.63) is 29.8 Å². The molecule has 18 heavy (non-hydrogen) atoms. The van der Waals surface area contributed by atoms with Gasteiger partial charge < -0.3 is 10.1 Å². The first-order valence-electron chi connectivity index (χ1n) is 7.25. The second-order valence-electron chi connectivity index (χ2n) is 5.93. The van der Waals surface area contributed by atoms with Gasteiger partial charge in [0.1, 0.15) is 5.75 Å². The molecular weight excluding hydrogens is 222 g/mol. The molecule has 1 N–H and O–H groups in total. The largest absolute Gasteiger partial charge is 0.493 e. The van der Waals surface area contributed by atoms with Crippen molar-refractivity contribution in [1.29, 1.82) is 0 Å². The van der Waals surface area contributed by atoms with Crippen LogP contribution in [0.2, 0.25) is 0 Å². The summed E-state index contributed by atoms with van der Waals surface area (Å²) < 4.78 is 5.72. The third-order valence-corrected chi connectivity index (χ3v) is 4.43. The lowest BCUT2D eigenvalue weighted by Crippen LogP contribution is -2.28. The van der Waals surface area contributed by atoms with Crippen molar-refractivity contribution < 1.29 is 4.74 Å². The van der Waals surface area contributed by atoms with Crippen LogP contribution < -0.4 is 10.1 Å². The minimum Gasteiger partial charge on any atom is -0.493 e. The van der Waals surface area contributed by atoms with Gasteiger partial charge in [0.15, 0.2) is 0 Å². The third kappa shape index (κ3) is 2.39. The normalized spacial score (nSPS) is 23.5. The Morgan fingerprint density at radius 1 is 1.33 bits per heavy atom. The lowest BCUT2D eigenvalue weighted by atomic mass is 9.99. The van der Waals surface area contributed by atoms with Crippen LogP contribution in [0.4, 0.5) is 0 Å². The maximum atomic E-state index is 5.72. The average Bonchev–Trinajstić information content (AvgIpc) is 3.02. The highest BCUT2D eigenvalue weighted by molar-refractivity contribution is 5.39. The van der Waals surface area contributed by atoms with Gasteiger partial charge >= 0.3 is 0 Å². The van der Waals surface area contributed by atoms with Gasteiger partial charge in [-0.3, -0.25) is 0 Å². The first kappa shape index (κ1) is 12.0. The molecule has 0 radical (unpaired) electrons. The molecule has 1 aliphatic carbocycles. The van der Waals surface area contributed by atoms with Gasteiger partial charge in [0.05, 0.1) is 6.61 Å². The number of rotatable bonds is 6. The summed E-state index contributed by atoms with van der Waals surface area (Å²) in [5.74, 6) is 1.62. The number of hydrogen-bond acceptors (Lipinski definition) is 2. The van der Waals surface area contributed by atoms with E-state index in [1.807, 2.05) is 0 Å². The van der Waals surface area contributed by atoms with E-state index in [2.05, 4.69) is 36.5 Å². The summed E-state index contributed by atoms with van der Waals surface area (Å²) in [4.78, 5) is 0. The van der Waals surface area contributed by atoms with Crippen LogP contribution >= 0.6 is 0 Å². The minimum absolute atomic E-state index is 0.540. The lowest BCUT2D eigenvalue weighted by Gasteiger charge is -2.17. The fraction of sp³-hybridized carbons (Fsp3) is 0.625. The molecule has 1 saturated carbocycles. The quantitative estimate of drug-likeness (QED) is 0.830. The smallest absolute Gasteiger partial charge is 0.122 e. The van der Waals surface area contributed by atoms with Gasteiger partial charge in [-0.1, -0.05) is 31.5 Å². The van der Waals surface area contributed by atoms with Crippen molar-refractivity contribution in [2.45, 2.75) is 38.5 Å². The lowest BCUT2D eigenvalue weighted by molar-refractivity contribution is 0.320. The van der Waals surface area contributed by atoms with Crippen molar-refractivity contribution in [2.24, 2.45) is 5.41 Å². The molecule has 1 aromatic carbocycles. The van der Waals surface area contributed by atoms with E-state index in [9.17, 15) is 0 Å². The zero-order valence-electron chi connectivity index (χ0n) is 11.2. The van der Waals surface area contributed by atoms with Crippen molar-refractivity contribution in [1.82, 2.24) is 5.32 Å². The molecule has 2 nitrogen and oxygen atoms in total. The molecular formula is C16H23NO. The summed E-state index contributed by atoms with van der Waals surface area (Å²) in [7, 11) is 0. The van der Waals surface area contributed by atoms with Crippen LogP contribution in [0.1, 0.15) is 44.1 Å². The van der Waals surface area contributed by atoms with Gasteiger partial charge in [-0.2, -0.15) is 0 Å². The summed E-state index contributed by atoms with van der Waals surface area (Å²) in [6, 6.07) is 8.44. The third-order valence-electron chi connectivity index (χ3n) is 4.43. The van der Waals surface area contributed by atoms with Gasteiger partial charge in [0.25, 0.3) is 0 Å². The average molecular weight is 245 g/mol. The molecule has 98 valence electrons. The van der Waals surface area contributed by atoms with Crippen LogP contribution in [0.3, 0.4) is 0 Å². The Hall–Kier alpha value is -1.02. The molecule has 2 aliphatic rings. The van der Waals surface area contributed by atoms with Crippen molar-refractivity contribution >= 4 is 0 Å². The van der Waals surface area contributed by atoms with Crippen molar-refractivity contribution in [3.8, 4) is 5.75 Å². The Labute approximate surface area is 110 Å². The van der Waals surface area contributed by atoms with Gasteiger partial charge in [-0.05, 0) is 30.7 Å². The van der Waals surface area contributed by atoms with E-state index in [-0.39, 0.29) is 0 Å². The van der Waals surface area contributed by atoms with Crippen LogP contribution in [0.15, 0.2) is 24.3 Å². The molecule has 1 atom stereocenters. The van der Waals surface area contributed by atoms with Crippen LogP contribution in [0, 0.1) is 5.41 Å². The second kappa shape index (κ2) is 4.93. The van der Waals surface area contributed by atoms with Gasteiger partial charge in [0.2, 0.25) is 0 Å². The molecule has 0 aromatic heterocycles. The molecule has 0 bridgehead atoms. The SMILES string of the molecule is CCCC1(CNCC2COc3ccccc32)CC1. The molecule has 0 spiro atoms. The molecule has 2 heteroatoms. The Bertz CT molecular complexity index is 411. The monoisotopic (exact) mass is 245 g/mol. The second-order valence-corrected chi connectivity index (χ2v) is 5.93. The molecule has 1 fully saturated rings. The zero-order valence-corrected chi connectivity index (χ0v) is 11.2. The summed E-state index contributed by atoms with van der Waals surface area (Å²) in [5, 5.41) is 3.68. The zero-order chi connectivity index (χ0) is 12.4. The highest BCUT2D eigenvalue weighted by Gasteiger charge is 2.41. The standard InChI is InChI=1S/C16H23NO/c1-2-7-16(8-9-16)12-17-10-13-11-18-15-6-4-3-5-14(13)15/h3-6,13,17H,2,7-12H2,1H3. The number of hydrogen-bond donors (Lipinski definition) is 1. The van der Waals surface area contributed by atoms with Gasteiger partial charge in [-0.15, -0.1) is 0 Å². The maximum absolute atomic E-state index is 5.72. The molecule has 0 saturated heterocycles. The molecule has 1 heterocycles. The number of nitrogens with one attached hydrogen (secondary N) is 1. The Kier molecular flexibility index (Phi) is 3.29. The summed E-state index contributed by atoms with van der Waals surface area (Å²) in [5.41, 5.74) is 2.03. The van der Waals surface area contributed by atoms with Crippen LogP contribution in [-0.2, 0) is 0 Å². The molecule has 1 aromatic rings. The van der Waals surface area contributed by atoms with Crippen LogP contribution in [-0.4, -0.2) is 19.7 Å². The highest BCUT2D eigenvalue weighted by Crippen LogP contribution is 2.49. The first-order valence-corrected chi connectivity index (χ1v) is 7.25. The summed E-state index contributed by atoms with van der Waals surface area (Å²) in [6.45, 7) is 5.39. The van der Waals surface area contributed by atoms with Crippen LogP contribution in [0.25, 0.3) is 0 Å². The van der Waals surface area contributed by atoms with E-state index in [0.29, 0.717) is 11.3 Å². The predicted octanol–water partition coefficient (Wildman–Crippen LogP) is 3.33. The minimum atomic E-state index is 0.540. The van der Waals surface area contributed by atoms with E-state index in [1.54, 1.807) is 0 Å². The Morgan fingerprint density at radius 3 is 2.94 bits per heavy atom. The molecule has 1 unspecified atom stereocenters. The van der Waals surface area contributed by atoms with E-state index in [4.69, 9.17) is 4.74 Å². The number of ether oxygens (including phenoxy) is 1. The number of para-hydroxylation sites is 1. The topological polar surface area (TPSA) is 21.3 Å². The van der Waals surface area contributed by atoms with Gasteiger partial charge in [0, 0.05) is 24.6 Å². The predicted molar refractivity (Wildman–Crippen MR) is 74.1 cm³/mol. The van der Waals surface area contributed by atoms with E-state index in [0.717, 1.165) is 18.9 Å².